The van der Waals surface area contributed by atoms with E-state index in [-0.39, 0.29) is 29.7 Å². The Bertz CT molecular complexity index is 1990. The Kier molecular flexibility index (Phi) is 9.28. The third-order valence-electron chi connectivity index (χ3n) is 8.54. The summed E-state index contributed by atoms with van der Waals surface area (Å²) in [6.07, 6.45) is 5.94. The number of nitrogens with one attached hydrogen (secondary N) is 2. The Labute approximate surface area is 272 Å². The first-order chi connectivity index (χ1) is 23.0. The molecule has 0 saturated carbocycles. The molecule has 0 bridgehead atoms. The lowest BCUT2D eigenvalue weighted by Crippen LogP contribution is -2.27. The number of rotatable bonds is 5. The molecule has 4 heterocycles. The summed E-state index contributed by atoms with van der Waals surface area (Å²) in [5.74, 6) is 0.805. The summed E-state index contributed by atoms with van der Waals surface area (Å²) in [4.78, 5) is 43.0. The van der Waals surface area contributed by atoms with Gasteiger partial charge in [-0.05, 0) is 84.6 Å². The number of carbonyl (C=O) groups is 2. The van der Waals surface area contributed by atoms with Crippen LogP contribution in [0.3, 0.4) is 0 Å². The smallest absolute Gasteiger partial charge is 0.227 e. The summed E-state index contributed by atoms with van der Waals surface area (Å²) >= 11 is 0. The lowest BCUT2D eigenvalue weighted by Gasteiger charge is -2.25. The summed E-state index contributed by atoms with van der Waals surface area (Å²) in [5, 5.41) is 0. The van der Waals surface area contributed by atoms with Gasteiger partial charge in [-0.1, -0.05) is 38.1 Å². The number of ether oxygens (including phenoxy) is 1. The number of hydrogen-bond donors (Lipinski definition) is 2. The van der Waals surface area contributed by atoms with Gasteiger partial charge >= 0.3 is 0 Å². The highest BCUT2D eigenvalue weighted by molar-refractivity contribution is 5.99. The molecule has 0 aliphatic carbocycles. The van der Waals surface area contributed by atoms with Crippen LogP contribution in [0.25, 0.3) is 22.1 Å². The van der Waals surface area contributed by atoms with Crippen molar-refractivity contribution in [1.29, 1.82) is 0 Å². The largest absolute Gasteiger partial charge is 0.497 e. The average molecular weight is 633 g/mol. The lowest BCUT2D eigenvalue weighted by atomic mass is 10.0. The molecule has 2 aliphatic heterocycles. The van der Waals surface area contributed by atoms with Crippen molar-refractivity contribution in [2.75, 3.05) is 16.9 Å². The highest BCUT2D eigenvalue weighted by Crippen LogP contribution is 2.39. The van der Waals surface area contributed by atoms with Crippen LogP contribution in [0, 0.1) is 5.82 Å². The molecule has 2 aliphatic rings. The number of hydrogen-bond acceptors (Lipinski definition) is 5. The number of carbonyl (C=O) groups excluding carboxylic acids is 2. The standard InChI is InChI=1S/C18H17N3O2.C17H14FN3O.C2H6/c1-23-14-5-2-12(3-6-14)17-8-9-18(22)21(17)13-4-7-15-16(10-13)20-11-19-15;18-12-3-1-11(2-4-12)16-7-8-17(22)21(16)13-5-6-14-15(9-13)20-10-19-14;1-2/h2-7,10-11,17H,8-9H2,1H3,(H,19,20);1-6,9-10,16H,7-8H2,(H,19,20);1-2H3. The zero-order valence-electron chi connectivity index (χ0n) is 26.6. The highest BCUT2D eigenvalue weighted by atomic mass is 19.1. The van der Waals surface area contributed by atoms with Crippen molar-refractivity contribution < 1.29 is 18.7 Å². The van der Waals surface area contributed by atoms with Crippen LogP contribution in [-0.2, 0) is 9.59 Å². The fourth-order valence-corrected chi connectivity index (χ4v) is 6.30. The number of aromatic nitrogens is 4. The van der Waals surface area contributed by atoms with Crippen molar-refractivity contribution in [3.05, 3.63) is 115 Å². The number of H-pyrrole nitrogens is 2. The molecule has 2 atom stereocenters. The highest BCUT2D eigenvalue weighted by Gasteiger charge is 2.34. The molecule has 8 rings (SSSR count). The van der Waals surface area contributed by atoms with Crippen molar-refractivity contribution in [3.63, 3.8) is 0 Å². The molecule has 2 unspecified atom stereocenters. The predicted octanol–water partition coefficient (Wildman–Crippen LogP) is 8.04. The van der Waals surface area contributed by atoms with Gasteiger partial charge in [-0.25, -0.2) is 14.4 Å². The molecule has 2 fully saturated rings. The predicted molar refractivity (Wildman–Crippen MR) is 182 cm³/mol. The van der Waals surface area contributed by atoms with Gasteiger partial charge in [0.05, 0.1) is 53.9 Å². The summed E-state index contributed by atoms with van der Waals surface area (Å²) in [5.41, 5.74) is 7.44. The summed E-state index contributed by atoms with van der Waals surface area (Å²) in [6, 6.07) is 26.0. The van der Waals surface area contributed by atoms with Crippen LogP contribution < -0.4 is 14.5 Å². The molecule has 0 radical (unpaired) electrons. The fraction of sp³-hybridized carbons (Fsp3) is 0.243. The number of fused-ring (bicyclic) bond motifs is 2. The fourth-order valence-electron chi connectivity index (χ4n) is 6.30. The maximum atomic E-state index is 13.1. The number of aromatic amines is 2. The molecular weight excluding hydrogens is 595 g/mol. The van der Waals surface area contributed by atoms with E-state index in [1.54, 1.807) is 36.8 Å². The number of imidazole rings is 2. The van der Waals surface area contributed by atoms with Crippen LogP contribution in [0.1, 0.15) is 62.7 Å². The summed E-state index contributed by atoms with van der Waals surface area (Å²) < 4.78 is 18.3. The van der Waals surface area contributed by atoms with E-state index in [1.165, 1.54) is 12.1 Å². The molecule has 2 saturated heterocycles. The first-order valence-electron chi connectivity index (χ1n) is 15.9. The van der Waals surface area contributed by atoms with Gasteiger partial charge in [0.15, 0.2) is 0 Å². The Hall–Kier alpha value is -5.51. The molecule has 240 valence electrons. The van der Waals surface area contributed by atoms with E-state index in [1.807, 2.05) is 79.4 Å². The Balaban J connectivity index is 0.000000156. The van der Waals surface area contributed by atoms with Gasteiger partial charge in [0.1, 0.15) is 11.6 Å². The maximum absolute atomic E-state index is 13.1. The van der Waals surface area contributed by atoms with E-state index in [4.69, 9.17) is 4.74 Å². The van der Waals surface area contributed by atoms with E-state index in [0.29, 0.717) is 12.8 Å². The van der Waals surface area contributed by atoms with Crippen LogP contribution in [0.15, 0.2) is 97.6 Å². The molecule has 0 spiro atoms. The van der Waals surface area contributed by atoms with Crippen molar-refractivity contribution in [2.24, 2.45) is 0 Å². The third-order valence-corrected chi connectivity index (χ3v) is 8.54. The minimum absolute atomic E-state index is 0.0477. The Morgan fingerprint density at radius 1 is 0.681 bits per heavy atom. The molecule has 4 aromatic carbocycles. The van der Waals surface area contributed by atoms with Crippen molar-refractivity contribution in [1.82, 2.24) is 19.9 Å². The second-order valence-electron chi connectivity index (χ2n) is 11.2. The van der Waals surface area contributed by atoms with Gasteiger partial charge in [-0.15, -0.1) is 0 Å². The molecule has 2 aromatic heterocycles. The molecular formula is C37H37FN6O3. The first-order valence-corrected chi connectivity index (χ1v) is 15.9. The van der Waals surface area contributed by atoms with Gasteiger partial charge in [0.25, 0.3) is 0 Å². The quantitative estimate of drug-likeness (QED) is 0.200. The van der Waals surface area contributed by atoms with E-state index >= 15 is 0 Å². The topological polar surface area (TPSA) is 107 Å². The number of anilines is 2. The number of nitrogens with zero attached hydrogens (tertiary/aromatic N) is 4. The lowest BCUT2D eigenvalue weighted by molar-refractivity contribution is -0.118. The van der Waals surface area contributed by atoms with Crippen LogP contribution in [0.2, 0.25) is 0 Å². The van der Waals surface area contributed by atoms with Crippen LogP contribution in [0.4, 0.5) is 15.8 Å². The summed E-state index contributed by atoms with van der Waals surface area (Å²) in [7, 11) is 1.65. The molecule has 9 nitrogen and oxygen atoms in total. The molecule has 6 aromatic rings. The van der Waals surface area contributed by atoms with E-state index in [0.717, 1.165) is 63.2 Å². The minimum Gasteiger partial charge on any atom is -0.497 e. The normalized spacial score (nSPS) is 17.4. The number of amides is 2. The van der Waals surface area contributed by atoms with E-state index in [9.17, 15) is 14.0 Å². The van der Waals surface area contributed by atoms with Crippen molar-refractivity contribution in [3.8, 4) is 5.75 Å². The van der Waals surface area contributed by atoms with Gasteiger partial charge in [-0.3, -0.25) is 9.59 Å². The van der Waals surface area contributed by atoms with Crippen LogP contribution >= 0.6 is 0 Å². The third kappa shape index (κ3) is 6.44. The summed E-state index contributed by atoms with van der Waals surface area (Å²) in [6.45, 7) is 4.00. The zero-order valence-corrected chi connectivity index (χ0v) is 26.6. The first kappa shape index (κ1) is 31.5. The average Bonchev–Trinajstić information content (AvgIpc) is 3.92. The SMILES string of the molecule is CC.COc1ccc(C2CCC(=O)N2c2ccc3nc[nH]c3c2)cc1.O=C1CCC(c2ccc(F)cc2)N1c1ccc2nc[nH]c2c1. The Morgan fingerprint density at radius 2 is 1.13 bits per heavy atom. The monoisotopic (exact) mass is 632 g/mol. The molecule has 2 amide bonds. The Morgan fingerprint density at radius 3 is 1.57 bits per heavy atom. The van der Waals surface area contributed by atoms with Gasteiger partial charge < -0.3 is 24.5 Å². The zero-order chi connectivity index (χ0) is 32.9. The second kappa shape index (κ2) is 13.9. The maximum Gasteiger partial charge on any atom is 0.227 e. The number of benzene rings is 4. The van der Waals surface area contributed by atoms with Crippen molar-refractivity contribution in [2.45, 2.75) is 51.6 Å². The van der Waals surface area contributed by atoms with Gasteiger partial charge in [0.2, 0.25) is 11.8 Å². The molecule has 47 heavy (non-hydrogen) atoms. The van der Waals surface area contributed by atoms with Crippen LogP contribution in [0.5, 0.6) is 5.75 Å². The van der Waals surface area contributed by atoms with E-state index < -0.39 is 0 Å². The molecule has 10 heteroatoms. The number of methoxy groups -OCH3 is 1. The molecule has 2 N–H and O–H groups in total. The van der Waals surface area contributed by atoms with Gasteiger partial charge in [0, 0.05) is 24.2 Å². The van der Waals surface area contributed by atoms with Gasteiger partial charge in [-0.2, -0.15) is 0 Å². The van der Waals surface area contributed by atoms with Crippen molar-refractivity contribution >= 4 is 45.3 Å². The van der Waals surface area contributed by atoms with Crippen LogP contribution in [-0.4, -0.2) is 38.9 Å². The second-order valence-corrected chi connectivity index (χ2v) is 11.2. The number of halogens is 1. The minimum atomic E-state index is -0.265. The van der Waals surface area contributed by atoms with E-state index in [2.05, 4.69) is 19.9 Å².